The van der Waals surface area contributed by atoms with Crippen LogP contribution in [-0.4, -0.2) is 36.9 Å². The summed E-state index contributed by atoms with van der Waals surface area (Å²) in [6.07, 6.45) is 1.36. The van der Waals surface area contributed by atoms with E-state index in [2.05, 4.69) is 10.5 Å². The number of nitro benzene ring substituents is 1. The monoisotopic (exact) mass is 467 g/mol. The van der Waals surface area contributed by atoms with E-state index < -0.39 is 10.8 Å². The first-order valence-corrected chi connectivity index (χ1v) is 10.7. The summed E-state index contributed by atoms with van der Waals surface area (Å²) in [5, 5.41) is 14.7. The Morgan fingerprint density at radius 1 is 1.00 bits per heavy atom. The SMILES string of the molecule is CCOc1cc(C(=O)N/N=C/c2ccc(-c3ccc([N+](=O)[O-])cc3)o2)cc(OCC)c1OCC. The lowest BCUT2D eigenvalue weighted by Gasteiger charge is -2.16. The van der Waals surface area contributed by atoms with Gasteiger partial charge in [0.1, 0.15) is 11.5 Å². The largest absolute Gasteiger partial charge is 0.490 e. The van der Waals surface area contributed by atoms with E-state index in [1.165, 1.54) is 18.3 Å². The molecule has 0 radical (unpaired) electrons. The summed E-state index contributed by atoms with van der Waals surface area (Å²) in [7, 11) is 0. The Kier molecular flexibility index (Phi) is 8.22. The zero-order chi connectivity index (χ0) is 24.5. The molecule has 0 atom stereocenters. The molecule has 0 saturated carbocycles. The van der Waals surface area contributed by atoms with Gasteiger partial charge in [0.15, 0.2) is 11.5 Å². The molecule has 10 nitrogen and oxygen atoms in total. The summed E-state index contributed by atoms with van der Waals surface area (Å²) in [5.74, 6) is 1.69. The van der Waals surface area contributed by atoms with E-state index in [9.17, 15) is 14.9 Å². The quantitative estimate of drug-likeness (QED) is 0.243. The third kappa shape index (κ3) is 5.91. The number of non-ortho nitro benzene ring substituents is 1. The third-order valence-electron chi connectivity index (χ3n) is 4.52. The Morgan fingerprint density at radius 2 is 1.62 bits per heavy atom. The maximum absolute atomic E-state index is 12.7. The van der Waals surface area contributed by atoms with Gasteiger partial charge in [0.2, 0.25) is 5.75 Å². The number of nitrogens with one attached hydrogen (secondary N) is 1. The Bertz CT molecular complexity index is 1140. The maximum atomic E-state index is 12.7. The van der Waals surface area contributed by atoms with Crippen LogP contribution in [-0.2, 0) is 0 Å². The van der Waals surface area contributed by atoms with E-state index in [1.807, 2.05) is 20.8 Å². The topological polar surface area (TPSA) is 125 Å². The molecular formula is C24H25N3O7. The second-order valence-corrected chi connectivity index (χ2v) is 6.81. The number of nitro groups is 1. The summed E-state index contributed by atoms with van der Waals surface area (Å²) < 4.78 is 22.6. The molecule has 2 aromatic carbocycles. The first-order valence-electron chi connectivity index (χ1n) is 10.7. The molecule has 1 heterocycles. The van der Waals surface area contributed by atoms with Crippen molar-refractivity contribution in [3.63, 3.8) is 0 Å². The summed E-state index contributed by atoms with van der Waals surface area (Å²) in [4.78, 5) is 23.0. The van der Waals surface area contributed by atoms with E-state index in [1.54, 1.807) is 36.4 Å². The van der Waals surface area contributed by atoms with Gasteiger partial charge in [0.25, 0.3) is 11.6 Å². The van der Waals surface area contributed by atoms with Crippen molar-refractivity contribution in [3.05, 3.63) is 70.0 Å². The van der Waals surface area contributed by atoms with Crippen LogP contribution in [0, 0.1) is 10.1 Å². The number of rotatable bonds is 11. The van der Waals surface area contributed by atoms with Crippen LogP contribution in [0.4, 0.5) is 5.69 Å². The first kappa shape index (κ1) is 24.3. The first-order chi connectivity index (χ1) is 16.5. The van der Waals surface area contributed by atoms with Gasteiger partial charge in [-0.05, 0) is 57.2 Å². The van der Waals surface area contributed by atoms with Crippen LogP contribution >= 0.6 is 0 Å². The standard InChI is InChI=1S/C24H25N3O7/c1-4-31-21-13-17(14-22(32-5-2)23(21)33-6-3)24(28)26-25-15-19-11-12-20(34-19)16-7-9-18(10-8-16)27(29)30/h7-15H,4-6H2,1-3H3,(H,26,28)/b25-15+. The minimum atomic E-state index is -0.469. The summed E-state index contributed by atoms with van der Waals surface area (Å²) in [6, 6.07) is 12.5. The van der Waals surface area contributed by atoms with Crippen molar-refractivity contribution in [1.29, 1.82) is 0 Å². The van der Waals surface area contributed by atoms with Crippen LogP contribution in [0.5, 0.6) is 17.2 Å². The number of amides is 1. The Hall–Kier alpha value is -4.34. The van der Waals surface area contributed by atoms with Crippen LogP contribution in [0.1, 0.15) is 36.9 Å². The average Bonchev–Trinajstić information content (AvgIpc) is 3.30. The number of carbonyl (C=O) groups is 1. The Labute approximate surface area is 196 Å². The molecule has 0 spiro atoms. The van der Waals surface area contributed by atoms with E-state index in [-0.39, 0.29) is 5.69 Å². The Balaban J connectivity index is 1.72. The predicted octanol–water partition coefficient (Wildman–Crippen LogP) is 4.81. The normalized spacial score (nSPS) is 10.8. The van der Waals surface area contributed by atoms with Gasteiger partial charge in [0.05, 0.1) is 31.0 Å². The second kappa shape index (κ2) is 11.5. The lowest BCUT2D eigenvalue weighted by atomic mass is 10.1. The van der Waals surface area contributed by atoms with Gasteiger partial charge in [0, 0.05) is 23.3 Å². The van der Waals surface area contributed by atoms with E-state index in [4.69, 9.17) is 18.6 Å². The zero-order valence-corrected chi connectivity index (χ0v) is 19.1. The van der Waals surface area contributed by atoms with Crippen LogP contribution in [0.25, 0.3) is 11.3 Å². The maximum Gasteiger partial charge on any atom is 0.271 e. The molecule has 3 rings (SSSR count). The van der Waals surface area contributed by atoms with Gasteiger partial charge in [-0.25, -0.2) is 5.43 Å². The highest BCUT2D eigenvalue weighted by molar-refractivity contribution is 5.96. The molecule has 10 heteroatoms. The third-order valence-corrected chi connectivity index (χ3v) is 4.52. The number of hydrogen-bond donors (Lipinski definition) is 1. The van der Waals surface area contributed by atoms with E-state index in [0.717, 1.165) is 0 Å². The van der Waals surface area contributed by atoms with Crippen LogP contribution in [0.2, 0.25) is 0 Å². The average molecular weight is 467 g/mol. The van der Waals surface area contributed by atoms with Crippen molar-refractivity contribution in [3.8, 4) is 28.6 Å². The number of hydrazone groups is 1. The van der Waals surface area contributed by atoms with Crippen LogP contribution in [0.3, 0.4) is 0 Å². The van der Waals surface area contributed by atoms with Crippen LogP contribution in [0.15, 0.2) is 58.0 Å². The van der Waals surface area contributed by atoms with Crippen molar-refractivity contribution >= 4 is 17.8 Å². The molecule has 1 aromatic heterocycles. The number of ether oxygens (including phenoxy) is 3. The van der Waals surface area contributed by atoms with Crippen molar-refractivity contribution in [2.75, 3.05) is 19.8 Å². The van der Waals surface area contributed by atoms with Crippen molar-refractivity contribution in [1.82, 2.24) is 5.43 Å². The molecule has 1 amide bonds. The number of furan rings is 1. The highest BCUT2D eigenvalue weighted by atomic mass is 16.6. The second-order valence-electron chi connectivity index (χ2n) is 6.81. The summed E-state index contributed by atoms with van der Waals surface area (Å²) in [6.45, 7) is 6.72. The lowest BCUT2D eigenvalue weighted by Crippen LogP contribution is -2.18. The predicted molar refractivity (Wildman–Crippen MR) is 126 cm³/mol. The fraction of sp³-hybridized carbons (Fsp3) is 0.250. The number of hydrogen-bond acceptors (Lipinski definition) is 8. The molecule has 0 aliphatic rings. The van der Waals surface area contributed by atoms with Gasteiger partial charge in [-0.15, -0.1) is 0 Å². The molecule has 3 aromatic rings. The molecule has 1 N–H and O–H groups in total. The highest BCUT2D eigenvalue weighted by Crippen LogP contribution is 2.39. The molecule has 0 fully saturated rings. The smallest absolute Gasteiger partial charge is 0.271 e. The fourth-order valence-electron chi connectivity index (χ4n) is 3.06. The summed E-state index contributed by atoms with van der Waals surface area (Å²) >= 11 is 0. The molecule has 0 aliphatic carbocycles. The minimum absolute atomic E-state index is 0.00548. The number of carbonyl (C=O) groups excluding carboxylic acids is 1. The zero-order valence-electron chi connectivity index (χ0n) is 19.1. The van der Waals surface area contributed by atoms with Gasteiger partial charge in [-0.1, -0.05) is 0 Å². The van der Waals surface area contributed by atoms with Crippen molar-refractivity contribution in [2.45, 2.75) is 20.8 Å². The van der Waals surface area contributed by atoms with Gasteiger partial charge in [-0.2, -0.15) is 5.10 Å². The van der Waals surface area contributed by atoms with Crippen LogP contribution < -0.4 is 19.6 Å². The molecule has 178 valence electrons. The fourth-order valence-corrected chi connectivity index (χ4v) is 3.06. The number of nitrogens with zero attached hydrogens (tertiary/aromatic N) is 2. The van der Waals surface area contributed by atoms with Gasteiger partial charge < -0.3 is 18.6 Å². The van der Waals surface area contributed by atoms with Gasteiger partial charge in [-0.3, -0.25) is 14.9 Å². The highest BCUT2D eigenvalue weighted by Gasteiger charge is 2.18. The molecule has 0 aliphatic heterocycles. The van der Waals surface area contributed by atoms with E-state index >= 15 is 0 Å². The van der Waals surface area contributed by atoms with Crippen molar-refractivity contribution < 1.29 is 28.3 Å². The minimum Gasteiger partial charge on any atom is -0.490 e. The number of benzene rings is 2. The molecule has 0 bridgehead atoms. The summed E-state index contributed by atoms with van der Waals surface area (Å²) in [5.41, 5.74) is 3.41. The molecule has 34 heavy (non-hydrogen) atoms. The molecule has 0 unspecified atom stereocenters. The molecular weight excluding hydrogens is 442 g/mol. The lowest BCUT2D eigenvalue weighted by molar-refractivity contribution is -0.384. The van der Waals surface area contributed by atoms with E-state index in [0.29, 0.717) is 59.7 Å². The van der Waals surface area contributed by atoms with Gasteiger partial charge >= 0.3 is 0 Å². The molecule has 0 saturated heterocycles. The Morgan fingerprint density at radius 3 is 2.18 bits per heavy atom. The van der Waals surface area contributed by atoms with Crippen molar-refractivity contribution in [2.24, 2.45) is 5.10 Å².